The second kappa shape index (κ2) is 8.99. The number of carbonyl (C=O) groups excluding carboxylic acids is 4. The highest BCUT2D eigenvalue weighted by molar-refractivity contribution is 7.86. The number of anilines is 2. The smallest absolute Gasteiger partial charge is 0.297 e. The van der Waals surface area contributed by atoms with Crippen molar-refractivity contribution in [3.63, 3.8) is 0 Å². The lowest BCUT2D eigenvalue weighted by atomic mass is 10.0. The second-order valence-corrected chi connectivity index (χ2v) is 9.67. The number of fused-ring (bicyclic) bond motifs is 1. The van der Waals surface area contributed by atoms with Crippen LogP contribution in [0.2, 0.25) is 0 Å². The average molecular weight is 486 g/mol. The van der Waals surface area contributed by atoms with Gasteiger partial charge in [0.25, 0.3) is 21.9 Å². The quantitative estimate of drug-likeness (QED) is 0.450. The highest BCUT2D eigenvalue weighted by atomic mass is 32.2. The van der Waals surface area contributed by atoms with E-state index >= 15 is 0 Å². The Hall–Kier alpha value is -3.57. The summed E-state index contributed by atoms with van der Waals surface area (Å²) in [5.74, 6) is -2.43. The van der Waals surface area contributed by atoms with Crippen molar-refractivity contribution in [2.24, 2.45) is 0 Å². The number of hydrogen-bond donors (Lipinski definition) is 2. The molecule has 4 rings (SSSR count). The first-order valence-electron chi connectivity index (χ1n) is 10.8. The summed E-state index contributed by atoms with van der Waals surface area (Å²) in [5.41, 5.74) is 1.59. The molecule has 178 valence electrons. The van der Waals surface area contributed by atoms with Gasteiger partial charge in [0.1, 0.15) is 6.04 Å². The van der Waals surface area contributed by atoms with Crippen molar-refractivity contribution in [2.75, 3.05) is 11.9 Å². The van der Waals surface area contributed by atoms with Crippen LogP contribution < -0.4 is 10.6 Å². The van der Waals surface area contributed by atoms with Gasteiger partial charge in [-0.15, -0.1) is 0 Å². The lowest BCUT2D eigenvalue weighted by Gasteiger charge is -2.27. The molecule has 11 heteroatoms. The van der Waals surface area contributed by atoms with Gasteiger partial charge in [-0.3, -0.25) is 33.6 Å². The fourth-order valence-electron chi connectivity index (χ4n) is 3.92. The van der Waals surface area contributed by atoms with Crippen LogP contribution in [0.5, 0.6) is 0 Å². The highest BCUT2D eigenvalue weighted by Gasteiger charge is 2.45. The monoisotopic (exact) mass is 485 g/mol. The van der Waals surface area contributed by atoms with E-state index in [0.29, 0.717) is 17.7 Å². The van der Waals surface area contributed by atoms with Crippen LogP contribution in [0, 0.1) is 6.92 Å². The van der Waals surface area contributed by atoms with Crippen molar-refractivity contribution in [2.45, 2.75) is 44.0 Å². The molecule has 2 aliphatic rings. The first-order chi connectivity index (χ1) is 16.1. The first kappa shape index (κ1) is 23.6. The number of aryl methyl sites for hydroxylation is 1. The summed E-state index contributed by atoms with van der Waals surface area (Å²) in [7, 11) is -3.96. The number of benzene rings is 2. The molecule has 4 amide bonds. The number of nitrogens with zero attached hydrogens (tertiary/aromatic N) is 1. The van der Waals surface area contributed by atoms with E-state index in [2.05, 4.69) is 10.6 Å². The van der Waals surface area contributed by atoms with Crippen LogP contribution in [0.25, 0.3) is 0 Å². The number of rotatable bonds is 7. The van der Waals surface area contributed by atoms with Gasteiger partial charge in [0.15, 0.2) is 0 Å². The summed E-state index contributed by atoms with van der Waals surface area (Å²) in [6.45, 7) is 3.61. The number of hydrogen-bond acceptors (Lipinski definition) is 8. The predicted octanol–water partition coefficient (Wildman–Crippen LogP) is 2.26. The van der Waals surface area contributed by atoms with Crippen molar-refractivity contribution in [3.05, 3.63) is 53.1 Å². The topological polar surface area (TPSA) is 139 Å². The second-order valence-electron chi connectivity index (χ2n) is 8.05. The molecule has 34 heavy (non-hydrogen) atoms. The molecule has 0 spiro atoms. The van der Waals surface area contributed by atoms with Crippen molar-refractivity contribution >= 4 is 45.1 Å². The Morgan fingerprint density at radius 1 is 1.09 bits per heavy atom. The van der Waals surface area contributed by atoms with E-state index in [0.717, 1.165) is 4.90 Å². The number of carbonyl (C=O) groups is 4. The molecule has 2 N–H and O–H groups in total. The zero-order valence-electron chi connectivity index (χ0n) is 18.6. The number of imide groups is 2. The molecule has 1 fully saturated rings. The van der Waals surface area contributed by atoms with Crippen LogP contribution in [0.1, 0.15) is 52.5 Å². The third-order valence-electron chi connectivity index (χ3n) is 5.68. The average Bonchev–Trinajstić information content (AvgIpc) is 3.05. The zero-order valence-corrected chi connectivity index (χ0v) is 19.4. The van der Waals surface area contributed by atoms with Crippen molar-refractivity contribution in [1.29, 1.82) is 0 Å². The van der Waals surface area contributed by atoms with Crippen LogP contribution in [-0.4, -0.2) is 49.6 Å². The fourth-order valence-corrected chi connectivity index (χ4v) is 4.94. The third kappa shape index (κ3) is 4.19. The van der Waals surface area contributed by atoms with Gasteiger partial charge in [0.05, 0.1) is 28.3 Å². The molecule has 2 aromatic carbocycles. The minimum atomic E-state index is -3.96. The molecular weight excluding hydrogens is 462 g/mol. The molecule has 1 saturated heterocycles. The minimum Gasteiger partial charge on any atom is -0.355 e. The maximum absolute atomic E-state index is 13.3. The maximum Gasteiger partial charge on any atom is 0.297 e. The summed E-state index contributed by atoms with van der Waals surface area (Å²) in [4.78, 5) is 50.9. The van der Waals surface area contributed by atoms with Crippen LogP contribution in [-0.2, 0) is 23.9 Å². The molecule has 1 unspecified atom stereocenters. The summed E-state index contributed by atoms with van der Waals surface area (Å²) in [6.07, 6.45) is 0.608. The van der Waals surface area contributed by atoms with Crippen molar-refractivity contribution in [1.82, 2.24) is 10.2 Å². The molecule has 0 aromatic heterocycles. The Morgan fingerprint density at radius 3 is 2.56 bits per heavy atom. The van der Waals surface area contributed by atoms with Crippen LogP contribution in [0.3, 0.4) is 0 Å². The Bertz CT molecular complexity index is 1320. The Kier molecular flexibility index (Phi) is 6.24. The summed E-state index contributed by atoms with van der Waals surface area (Å²) in [5, 5.41) is 5.22. The summed E-state index contributed by atoms with van der Waals surface area (Å²) < 4.78 is 29.9. The van der Waals surface area contributed by atoms with E-state index in [9.17, 15) is 27.6 Å². The third-order valence-corrected chi connectivity index (χ3v) is 6.99. The van der Waals surface area contributed by atoms with Crippen LogP contribution in [0.15, 0.2) is 41.3 Å². The van der Waals surface area contributed by atoms with Gasteiger partial charge >= 0.3 is 0 Å². The fraction of sp³-hybridized carbons (Fsp3) is 0.304. The van der Waals surface area contributed by atoms with E-state index in [4.69, 9.17) is 4.18 Å². The lowest BCUT2D eigenvalue weighted by Crippen LogP contribution is -2.54. The molecule has 2 heterocycles. The van der Waals surface area contributed by atoms with E-state index in [-0.39, 0.29) is 41.2 Å². The standard InChI is InChI=1S/C23H23N3O7S/c1-3-11-33-34(31,32)14-8-7-13(2)17(12-14)24-16-6-4-5-15-20(16)23(30)26(22(15)29)18-9-10-19(27)25-21(18)28/h4-8,12,18,24H,3,9-11H2,1-2H3,(H,25,27,28). The molecule has 0 aliphatic carbocycles. The normalized spacial score (nSPS) is 18.2. The molecular formula is C23H23N3O7S. The van der Waals surface area contributed by atoms with E-state index in [1.807, 2.05) is 0 Å². The number of nitrogens with one attached hydrogen (secondary N) is 2. The molecule has 0 saturated carbocycles. The summed E-state index contributed by atoms with van der Waals surface area (Å²) in [6, 6.07) is 8.02. The van der Waals surface area contributed by atoms with E-state index < -0.39 is 39.8 Å². The maximum atomic E-state index is 13.3. The Labute approximate surface area is 196 Å². The van der Waals surface area contributed by atoms with E-state index in [1.54, 1.807) is 32.0 Å². The Balaban J connectivity index is 1.67. The predicted molar refractivity (Wildman–Crippen MR) is 121 cm³/mol. The number of amides is 4. The van der Waals surface area contributed by atoms with Gasteiger partial charge < -0.3 is 5.32 Å². The van der Waals surface area contributed by atoms with Crippen LogP contribution in [0.4, 0.5) is 11.4 Å². The molecule has 2 aromatic rings. The largest absolute Gasteiger partial charge is 0.355 e. The van der Waals surface area contributed by atoms with Gasteiger partial charge in [-0.25, -0.2) is 0 Å². The van der Waals surface area contributed by atoms with Crippen molar-refractivity contribution < 1.29 is 31.8 Å². The Morgan fingerprint density at radius 2 is 1.85 bits per heavy atom. The van der Waals surface area contributed by atoms with Gasteiger partial charge in [-0.2, -0.15) is 8.42 Å². The lowest BCUT2D eigenvalue weighted by molar-refractivity contribution is -0.136. The molecule has 2 aliphatic heterocycles. The number of piperidine rings is 1. The van der Waals surface area contributed by atoms with Crippen molar-refractivity contribution in [3.8, 4) is 0 Å². The molecule has 10 nitrogen and oxygen atoms in total. The SMILES string of the molecule is CCCOS(=O)(=O)c1ccc(C)c(Nc2cccc3c2C(=O)N(C2CCC(=O)NC2=O)C3=O)c1. The van der Waals surface area contributed by atoms with Crippen LogP contribution >= 0.6 is 0 Å². The molecule has 0 radical (unpaired) electrons. The summed E-state index contributed by atoms with van der Waals surface area (Å²) >= 11 is 0. The van der Waals surface area contributed by atoms with Gasteiger partial charge in [-0.1, -0.05) is 19.1 Å². The van der Waals surface area contributed by atoms with Gasteiger partial charge in [-0.05, 0) is 49.6 Å². The molecule has 0 bridgehead atoms. The molecule has 1 atom stereocenters. The van der Waals surface area contributed by atoms with Gasteiger partial charge in [0.2, 0.25) is 11.8 Å². The highest BCUT2D eigenvalue weighted by Crippen LogP contribution is 2.35. The van der Waals surface area contributed by atoms with E-state index in [1.165, 1.54) is 18.2 Å². The minimum absolute atomic E-state index is 0.0233. The van der Waals surface area contributed by atoms with Gasteiger partial charge in [0, 0.05) is 12.1 Å². The first-order valence-corrected chi connectivity index (χ1v) is 12.2. The zero-order chi connectivity index (χ0) is 24.6.